The number of hydrogen-bond donors (Lipinski definition) is 0. The first-order chi connectivity index (χ1) is 11.9. The maximum Gasteiger partial charge on any atom is 0.158 e. The van der Waals surface area contributed by atoms with Crippen molar-refractivity contribution in [3.8, 4) is 0 Å². The maximum atomic E-state index is 12.6. The third-order valence-corrected chi connectivity index (χ3v) is 8.74. The zero-order chi connectivity index (χ0) is 17.8. The van der Waals surface area contributed by atoms with E-state index >= 15 is 0 Å². The number of allylic oxidation sites excluding steroid dienone is 1. The normalized spacial score (nSPS) is 46.3. The van der Waals surface area contributed by atoms with Crippen LogP contribution in [0.25, 0.3) is 0 Å². The molecule has 25 heavy (non-hydrogen) atoms. The molecule has 0 aromatic heterocycles. The summed E-state index contributed by atoms with van der Waals surface area (Å²) in [6, 6.07) is 0. The Morgan fingerprint density at radius 2 is 1.80 bits per heavy atom. The van der Waals surface area contributed by atoms with Gasteiger partial charge in [0.1, 0.15) is 5.78 Å². The van der Waals surface area contributed by atoms with Crippen LogP contribution in [0.3, 0.4) is 0 Å². The predicted octanol–water partition coefficient (Wildman–Crippen LogP) is 5.50. The highest BCUT2D eigenvalue weighted by Gasteiger charge is 2.59. The largest absolute Gasteiger partial charge is 0.299 e. The molecule has 0 aliphatic heterocycles. The van der Waals surface area contributed by atoms with Gasteiger partial charge < -0.3 is 0 Å². The lowest BCUT2D eigenvalue weighted by Gasteiger charge is -2.57. The lowest BCUT2D eigenvalue weighted by Crippen LogP contribution is -2.51. The topological polar surface area (TPSA) is 34.1 Å². The molecule has 2 heteroatoms. The summed E-state index contributed by atoms with van der Waals surface area (Å²) in [6.45, 7) is 6.93. The van der Waals surface area contributed by atoms with Crippen LogP contribution in [0.4, 0.5) is 0 Å². The fourth-order valence-corrected chi connectivity index (χ4v) is 7.21. The van der Waals surface area contributed by atoms with Crippen molar-refractivity contribution in [2.75, 3.05) is 0 Å². The molecule has 4 aliphatic carbocycles. The van der Waals surface area contributed by atoms with Gasteiger partial charge in [-0.15, -0.1) is 0 Å². The second kappa shape index (κ2) is 6.06. The molecule has 0 heterocycles. The first-order valence-corrected chi connectivity index (χ1v) is 10.7. The van der Waals surface area contributed by atoms with E-state index in [1.165, 1.54) is 31.3 Å². The molecular weight excluding hydrogens is 308 g/mol. The number of fused-ring (bicyclic) bond motifs is 5. The second-order valence-corrected chi connectivity index (χ2v) is 9.87. The first kappa shape index (κ1) is 17.5. The molecule has 0 N–H and O–H groups in total. The summed E-state index contributed by atoms with van der Waals surface area (Å²) in [6.07, 6.45) is 13.0. The van der Waals surface area contributed by atoms with Crippen LogP contribution in [0.15, 0.2) is 11.6 Å². The Bertz CT molecular complexity index is 618. The van der Waals surface area contributed by atoms with Gasteiger partial charge in [-0.3, -0.25) is 9.59 Å². The van der Waals surface area contributed by atoms with Crippen molar-refractivity contribution in [3.05, 3.63) is 11.6 Å². The van der Waals surface area contributed by atoms with Gasteiger partial charge in [-0.2, -0.15) is 0 Å². The number of Topliss-reactive ketones (excluding diaryl/α,β-unsaturated/α-hetero) is 1. The SMILES string of the molecule is CCCC[C@@H]1C[C@@]2(C)C(=CC1=O)CC[C@@H]1[C@@H]2CC[C@]2(C)C(=O)CC[C@@H]12. The summed E-state index contributed by atoms with van der Waals surface area (Å²) in [5, 5.41) is 0. The van der Waals surface area contributed by atoms with Gasteiger partial charge in [0.15, 0.2) is 5.78 Å². The van der Waals surface area contributed by atoms with Crippen LogP contribution in [0.1, 0.15) is 85.0 Å². The minimum Gasteiger partial charge on any atom is -0.299 e. The van der Waals surface area contributed by atoms with Crippen molar-refractivity contribution in [1.29, 1.82) is 0 Å². The summed E-state index contributed by atoms with van der Waals surface area (Å²) < 4.78 is 0. The van der Waals surface area contributed by atoms with Gasteiger partial charge in [-0.1, -0.05) is 39.2 Å². The lowest BCUT2D eigenvalue weighted by molar-refractivity contribution is -0.133. The van der Waals surface area contributed by atoms with Gasteiger partial charge in [0.25, 0.3) is 0 Å². The van der Waals surface area contributed by atoms with E-state index in [1.807, 2.05) is 6.08 Å². The number of carbonyl (C=O) groups excluding carboxylic acids is 2. The van der Waals surface area contributed by atoms with E-state index in [1.54, 1.807) is 0 Å². The van der Waals surface area contributed by atoms with Crippen molar-refractivity contribution in [2.45, 2.75) is 85.0 Å². The number of carbonyl (C=O) groups is 2. The van der Waals surface area contributed by atoms with Gasteiger partial charge >= 0.3 is 0 Å². The van der Waals surface area contributed by atoms with Crippen molar-refractivity contribution >= 4 is 11.6 Å². The van der Waals surface area contributed by atoms with Crippen molar-refractivity contribution in [2.24, 2.45) is 34.5 Å². The average Bonchev–Trinajstić information content (AvgIpc) is 2.89. The Morgan fingerprint density at radius 3 is 2.56 bits per heavy atom. The van der Waals surface area contributed by atoms with E-state index in [0.29, 0.717) is 29.3 Å². The van der Waals surface area contributed by atoms with Gasteiger partial charge in [-0.05, 0) is 74.2 Å². The molecule has 6 atom stereocenters. The van der Waals surface area contributed by atoms with Crippen molar-refractivity contribution in [1.82, 2.24) is 0 Å². The number of ketones is 2. The summed E-state index contributed by atoms with van der Waals surface area (Å²) in [5.74, 6) is 3.16. The molecule has 0 unspecified atom stereocenters. The number of unbranched alkanes of at least 4 members (excludes halogenated alkanes) is 1. The van der Waals surface area contributed by atoms with Gasteiger partial charge in [-0.25, -0.2) is 0 Å². The Morgan fingerprint density at radius 1 is 1.04 bits per heavy atom. The number of hydrogen-bond acceptors (Lipinski definition) is 2. The van der Waals surface area contributed by atoms with E-state index in [0.717, 1.165) is 38.5 Å². The molecule has 0 aromatic rings. The second-order valence-electron chi connectivity index (χ2n) is 9.87. The van der Waals surface area contributed by atoms with Crippen LogP contribution in [0.5, 0.6) is 0 Å². The molecule has 0 aromatic carbocycles. The van der Waals surface area contributed by atoms with Crippen LogP contribution in [0, 0.1) is 34.5 Å². The Labute approximate surface area is 152 Å². The van der Waals surface area contributed by atoms with Gasteiger partial charge in [0.05, 0.1) is 0 Å². The predicted molar refractivity (Wildman–Crippen MR) is 100 cm³/mol. The smallest absolute Gasteiger partial charge is 0.158 e. The fourth-order valence-electron chi connectivity index (χ4n) is 7.21. The molecule has 0 saturated heterocycles. The molecule has 138 valence electrons. The maximum absolute atomic E-state index is 12.6. The monoisotopic (exact) mass is 342 g/mol. The van der Waals surface area contributed by atoms with Crippen LogP contribution < -0.4 is 0 Å². The Balaban J connectivity index is 1.63. The van der Waals surface area contributed by atoms with E-state index in [9.17, 15) is 9.59 Å². The summed E-state index contributed by atoms with van der Waals surface area (Å²) in [7, 11) is 0. The van der Waals surface area contributed by atoms with Crippen LogP contribution in [-0.2, 0) is 9.59 Å². The quantitative estimate of drug-likeness (QED) is 0.678. The van der Waals surface area contributed by atoms with Crippen LogP contribution in [-0.4, -0.2) is 11.6 Å². The molecule has 4 rings (SSSR count). The van der Waals surface area contributed by atoms with Crippen LogP contribution in [0.2, 0.25) is 0 Å². The van der Waals surface area contributed by atoms with E-state index in [4.69, 9.17) is 0 Å². The Kier molecular flexibility index (Phi) is 4.24. The van der Waals surface area contributed by atoms with Crippen molar-refractivity contribution < 1.29 is 9.59 Å². The molecule has 0 spiro atoms. The first-order valence-electron chi connectivity index (χ1n) is 10.7. The molecule has 3 saturated carbocycles. The molecule has 0 bridgehead atoms. The third-order valence-electron chi connectivity index (χ3n) is 8.74. The molecule has 4 aliphatic rings. The highest BCUT2D eigenvalue weighted by molar-refractivity contribution is 5.93. The molecule has 0 amide bonds. The van der Waals surface area contributed by atoms with Crippen molar-refractivity contribution in [3.63, 3.8) is 0 Å². The summed E-state index contributed by atoms with van der Waals surface area (Å²) in [4.78, 5) is 25.1. The number of rotatable bonds is 3. The van der Waals surface area contributed by atoms with E-state index in [2.05, 4.69) is 20.8 Å². The zero-order valence-electron chi connectivity index (χ0n) is 16.3. The van der Waals surface area contributed by atoms with E-state index in [-0.39, 0.29) is 16.7 Å². The molecule has 3 fully saturated rings. The molecule has 2 nitrogen and oxygen atoms in total. The zero-order valence-corrected chi connectivity index (χ0v) is 16.3. The standard InChI is InChI=1S/C23H34O2/c1-4-5-6-15-14-23(3)16(13-20(15)24)7-8-17-18-9-10-21(25)22(18,2)12-11-19(17)23/h13,15,17-19H,4-12,14H2,1-3H3/t15-,17+,18+,19+,22+,23+/m1/s1. The minimum absolute atomic E-state index is 0.0369. The average molecular weight is 343 g/mol. The van der Waals surface area contributed by atoms with Crippen LogP contribution >= 0.6 is 0 Å². The highest BCUT2D eigenvalue weighted by atomic mass is 16.1. The van der Waals surface area contributed by atoms with Gasteiger partial charge in [0.2, 0.25) is 0 Å². The van der Waals surface area contributed by atoms with Gasteiger partial charge in [0, 0.05) is 17.8 Å². The summed E-state index contributed by atoms with van der Waals surface area (Å²) >= 11 is 0. The molecular formula is C23H34O2. The summed E-state index contributed by atoms with van der Waals surface area (Å²) in [5.41, 5.74) is 1.62. The third kappa shape index (κ3) is 2.50. The highest BCUT2D eigenvalue weighted by Crippen LogP contribution is 2.64. The Hall–Kier alpha value is -0.920. The fraction of sp³-hybridized carbons (Fsp3) is 0.826. The van der Waals surface area contributed by atoms with E-state index < -0.39 is 0 Å². The molecule has 0 radical (unpaired) electrons. The minimum atomic E-state index is -0.0369. The lowest BCUT2D eigenvalue weighted by atomic mass is 9.46.